The van der Waals surface area contributed by atoms with E-state index in [0.717, 1.165) is 5.69 Å². The molecule has 2 aromatic rings. The number of hydrogen-bond donors (Lipinski definition) is 3. The summed E-state index contributed by atoms with van der Waals surface area (Å²) in [6, 6.07) is 14.6. The van der Waals surface area contributed by atoms with Crippen molar-refractivity contribution in [3.8, 4) is 0 Å². The third-order valence-electron chi connectivity index (χ3n) is 4.12. The number of hydrogen-bond acceptors (Lipinski definition) is 5. The van der Waals surface area contributed by atoms with Crippen molar-refractivity contribution in [1.29, 1.82) is 5.41 Å². The van der Waals surface area contributed by atoms with E-state index in [1.54, 1.807) is 6.07 Å². The number of aliphatic hydroxyl groups is 1. The fourth-order valence-electron chi connectivity index (χ4n) is 2.86. The van der Waals surface area contributed by atoms with Gasteiger partial charge in [0.1, 0.15) is 11.4 Å². The zero-order valence-corrected chi connectivity index (χ0v) is 15.6. The quantitative estimate of drug-likeness (QED) is 0.491. The molecule has 0 aliphatic heterocycles. The van der Waals surface area contributed by atoms with Crippen LogP contribution in [-0.4, -0.2) is 49.6 Å². The number of ketones is 1. The topological polar surface area (TPSA) is 85.5 Å². The van der Waals surface area contributed by atoms with Gasteiger partial charge in [-0.15, -0.1) is 0 Å². The molecule has 0 saturated carbocycles. The highest BCUT2D eigenvalue weighted by Crippen LogP contribution is 2.31. The molecule has 3 rings (SSSR count). The Morgan fingerprint density at radius 3 is 2.35 bits per heavy atom. The Balaban J connectivity index is 0.00000243. The summed E-state index contributed by atoms with van der Waals surface area (Å²) in [5, 5.41) is 23.0. The molecular weight excluding hydrogens is 352 g/mol. The molecule has 0 saturated heterocycles. The van der Waals surface area contributed by atoms with Gasteiger partial charge in [0, 0.05) is 5.56 Å². The second-order valence-electron chi connectivity index (χ2n) is 6.83. The molecule has 1 aliphatic carbocycles. The maximum Gasteiger partial charge on any atom is 0.204 e. The molecule has 1 atom stereocenters. The van der Waals surface area contributed by atoms with Gasteiger partial charge in [0.2, 0.25) is 5.78 Å². The van der Waals surface area contributed by atoms with Crippen LogP contribution in [-0.2, 0) is 0 Å². The van der Waals surface area contributed by atoms with Crippen molar-refractivity contribution >= 4 is 28.6 Å². The molecular formula is C19H21ClN4O2. The second kappa shape index (κ2) is 7.37. The van der Waals surface area contributed by atoms with Gasteiger partial charge in [-0.25, -0.2) is 0 Å². The van der Waals surface area contributed by atoms with Crippen LogP contribution in [0.3, 0.4) is 0 Å². The van der Waals surface area contributed by atoms with Gasteiger partial charge >= 0.3 is 0 Å². The molecule has 0 fully saturated rings. The minimum atomic E-state index is -1.45. The number of benzene rings is 2. The van der Waals surface area contributed by atoms with E-state index in [4.69, 9.17) is 5.41 Å². The summed E-state index contributed by atoms with van der Waals surface area (Å²) in [7, 11) is 5.83. The van der Waals surface area contributed by atoms with Crippen LogP contribution in [0, 0.1) is 5.41 Å². The van der Waals surface area contributed by atoms with Crippen LogP contribution >= 0.6 is 0 Å². The maximum atomic E-state index is 12.8. The number of nitrogens with zero attached hydrogens (tertiary/aromatic N) is 2. The highest BCUT2D eigenvalue weighted by Gasteiger charge is 2.39. The van der Waals surface area contributed by atoms with Gasteiger partial charge in [-0.2, -0.15) is 5.10 Å². The van der Waals surface area contributed by atoms with Gasteiger partial charge in [-0.05, 0) is 18.2 Å². The first-order valence-corrected chi connectivity index (χ1v) is 7.96. The molecule has 7 heteroatoms. The lowest BCUT2D eigenvalue weighted by Gasteiger charge is -2.30. The predicted molar refractivity (Wildman–Crippen MR) is 101 cm³/mol. The van der Waals surface area contributed by atoms with Crippen LogP contribution < -0.4 is 22.3 Å². The standard InChI is InChI=1S/C19H21N4O2.ClH/c1-23(2,3)14-11-7-10-13-15(14)18(24)19(25)17(16(13)20)22-21-12-8-5-4-6-9-12;/h4-11,19-21,25H,1-3H3;1H/q+1;/p-1. The van der Waals surface area contributed by atoms with Crippen molar-refractivity contribution in [2.45, 2.75) is 6.10 Å². The van der Waals surface area contributed by atoms with E-state index in [1.807, 2.05) is 63.6 Å². The predicted octanol–water partition coefficient (Wildman–Crippen LogP) is -0.720. The van der Waals surface area contributed by atoms with Crippen LogP contribution in [0.4, 0.5) is 11.4 Å². The van der Waals surface area contributed by atoms with E-state index in [2.05, 4.69) is 10.5 Å². The summed E-state index contributed by atoms with van der Waals surface area (Å²) in [5.74, 6) is -0.428. The molecule has 1 aliphatic rings. The fourth-order valence-corrected chi connectivity index (χ4v) is 2.86. The average molecular weight is 373 g/mol. The second-order valence-corrected chi connectivity index (χ2v) is 6.83. The molecule has 1 unspecified atom stereocenters. The Hall–Kier alpha value is -2.54. The van der Waals surface area contributed by atoms with E-state index in [9.17, 15) is 9.90 Å². The van der Waals surface area contributed by atoms with Crippen LogP contribution in [0.15, 0.2) is 53.6 Å². The average Bonchev–Trinajstić information content (AvgIpc) is 2.59. The molecule has 0 spiro atoms. The van der Waals surface area contributed by atoms with Gasteiger partial charge in [0.05, 0.1) is 38.1 Å². The Labute approximate surface area is 158 Å². The highest BCUT2D eigenvalue weighted by molar-refractivity contribution is 6.56. The lowest BCUT2D eigenvalue weighted by Crippen LogP contribution is -3.00. The summed E-state index contributed by atoms with van der Waals surface area (Å²) in [6.07, 6.45) is -1.45. The van der Waals surface area contributed by atoms with Gasteiger partial charge in [-0.1, -0.05) is 30.3 Å². The molecule has 136 valence electrons. The Kier molecular flexibility index (Phi) is 5.61. The minimum Gasteiger partial charge on any atom is -1.00 e. The van der Waals surface area contributed by atoms with E-state index in [1.165, 1.54) is 0 Å². The highest BCUT2D eigenvalue weighted by atomic mass is 35.5. The van der Waals surface area contributed by atoms with Crippen molar-refractivity contribution in [2.75, 3.05) is 26.6 Å². The SMILES string of the molecule is C[N+](C)(C)c1cccc2c1C(=O)C(O)C(=NNc1ccccc1)C2=N.[Cl-]. The third-order valence-corrected chi connectivity index (χ3v) is 4.12. The number of nitrogens with one attached hydrogen (secondary N) is 2. The van der Waals surface area contributed by atoms with Gasteiger partial charge in [0.25, 0.3) is 0 Å². The molecule has 0 heterocycles. The number of carbonyl (C=O) groups is 1. The number of carbonyl (C=O) groups excluding carboxylic acids is 1. The molecule has 3 N–H and O–H groups in total. The molecule has 6 nitrogen and oxygen atoms in total. The summed E-state index contributed by atoms with van der Waals surface area (Å²) < 4.78 is 0.420. The van der Waals surface area contributed by atoms with Gasteiger partial charge in [-0.3, -0.25) is 20.1 Å². The summed E-state index contributed by atoms with van der Waals surface area (Å²) in [6.45, 7) is 0. The molecule has 0 amide bonds. The maximum absolute atomic E-state index is 12.8. The molecule has 0 bridgehead atoms. The number of aliphatic hydroxyl groups excluding tert-OH is 1. The van der Waals surface area contributed by atoms with Crippen LogP contribution in [0.5, 0.6) is 0 Å². The number of Topliss-reactive ketones (excluding diaryl/α,β-unsaturated/α-hetero) is 1. The van der Waals surface area contributed by atoms with E-state index in [-0.39, 0.29) is 23.8 Å². The first kappa shape index (κ1) is 19.8. The smallest absolute Gasteiger partial charge is 0.204 e. The van der Waals surface area contributed by atoms with Crippen molar-refractivity contribution < 1.29 is 22.3 Å². The molecule has 0 radical (unpaired) electrons. The Morgan fingerprint density at radius 2 is 1.73 bits per heavy atom. The van der Waals surface area contributed by atoms with Crippen LogP contribution in [0.25, 0.3) is 0 Å². The summed E-state index contributed by atoms with van der Waals surface area (Å²) in [4.78, 5) is 12.8. The number of anilines is 1. The minimum absolute atomic E-state index is 0. The first-order chi connectivity index (χ1) is 11.8. The Morgan fingerprint density at radius 1 is 1.08 bits per heavy atom. The van der Waals surface area contributed by atoms with Crippen molar-refractivity contribution in [3.63, 3.8) is 0 Å². The number of hydrazone groups is 1. The van der Waals surface area contributed by atoms with Crippen molar-refractivity contribution in [3.05, 3.63) is 59.7 Å². The monoisotopic (exact) mass is 372 g/mol. The third kappa shape index (κ3) is 3.53. The van der Waals surface area contributed by atoms with E-state index in [0.29, 0.717) is 21.3 Å². The van der Waals surface area contributed by atoms with Gasteiger partial charge in [0.15, 0.2) is 6.10 Å². The number of para-hydroxylation sites is 1. The number of quaternary nitrogens is 1. The lowest BCUT2D eigenvalue weighted by molar-refractivity contribution is -0.0000131. The summed E-state index contributed by atoms with van der Waals surface area (Å²) in [5.41, 5.74) is 5.26. The number of rotatable bonds is 3. The number of fused-ring (bicyclic) bond motifs is 1. The van der Waals surface area contributed by atoms with Crippen molar-refractivity contribution in [1.82, 2.24) is 4.48 Å². The first-order valence-electron chi connectivity index (χ1n) is 7.96. The van der Waals surface area contributed by atoms with Crippen LogP contribution in [0.1, 0.15) is 15.9 Å². The largest absolute Gasteiger partial charge is 1.00 e. The molecule has 0 aromatic heterocycles. The zero-order valence-electron chi connectivity index (χ0n) is 14.8. The molecule has 26 heavy (non-hydrogen) atoms. The summed E-state index contributed by atoms with van der Waals surface area (Å²) >= 11 is 0. The fraction of sp³-hybridized carbons (Fsp3) is 0.211. The molecule has 2 aromatic carbocycles. The Bertz CT molecular complexity index is 873. The van der Waals surface area contributed by atoms with E-state index >= 15 is 0 Å². The van der Waals surface area contributed by atoms with E-state index < -0.39 is 11.9 Å². The van der Waals surface area contributed by atoms with Crippen LogP contribution in [0.2, 0.25) is 0 Å². The lowest BCUT2D eigenvalue weighted by atomic mass is 9.84. The van der Waals surface area contributed by atoms with Gasteiger partial charge < -0.3 is 17.5 Å². The normalized spacial score (nSPS) is 18.3. The van der Waals surface area contributed by atoms with Crippen molar-refractivity contribution in [2.24, 2.45) is 5.10 Å². The number of halogens is 1. The zero-order chi connectivity index (χ0) is 18.2.